The molecule has 0 aliphatic heterocycles. The molecular weight excluding hydrogens is 270 g/mol. The van der Waals surface area contributed by atoms with E-state index in [0.717, 1.165) is 11.3 Å². The van der Waals surface area contributed by atoms with Gasteiger partial charge in [0, 0.05) is 30.7 Å². The van der Waals surface area contributed by atoms with Gasteiger partial charge in [0.2, 0.25) is 5.91 Å². The first kappa shape index (κ1) is 13.8. The fourth-order valence-corrected chi connectivity index (χ4v) is 2.75. The zero-order valence-electron chi connectivity index (χ0n) is 11.9. The monoisotopic (exact) mass is 289 g/mol. The van der Waals surface area contributed by atoms with E-state index in [2.05, 4.69) is 20.4 Å². The van der Waals surface area contributed by atoms with E-state index in [9.17, 15) is 9.90 Å². The number of nitrogens with one attached hydrogen (secondary N) is 2. The highest BCUT2D eigenvalue weighted by molar-refractivity contribution is 5.78. The van der Waals surface area contributed by atoms with Gasteiger partial charge < -0.3 is 15.4 Å². The first-order valence-electron chi connectivity index (χ1n) is 7.05. The van der Waals surface area contributed by atoms with E-state index >= 15 is 0 Å². The fourth-order valence-electron chi connectivity index (χ4n) is 2.75. The molecular formula is C14H19N5O2. The molecule has 3 N–H and O–H groups in total. The summed E-state index contributed by atoms with van der Waals surface area (Å²) in [5, 5.41) is 16.7. The van der Waals surface area contributed by atoms with Crippen LogP contribution in [0.4, 0.5) is 0 Å². The van der Waals surface area contributed by atoms with Crippen LogP contribution in [-0.2, 0) is 18.3 Å². The van der Waals surface area contributed by atoms with E-state index in [4.69, 9.17) is 0 Å². The Balaban J connectivity index is 1.68. The number of aryl methyl sites for hydroxylation is 1. The average Bonchev–Trinajstić information content (AvgIpc) is 3.04. The Hall–Kier alpha value is -2.15. The Kier molecular flexibility index (Phi) is 3.74. The Labute approximate surface area is 122 Å². The molecule has 1 aliphatic rings. The number of carbonyl (C=O) groups excluding carboxylic acids is 1. The second-order valence-corrected chi connectivity index (χ2v) is 5.63. The van der Waals surface area contributed by atoms with Crippen molar-refractivity contribution in [2.75, 3.05) is 0 Å². The molecule has 2 heterocycles. The lowest BCUT2D eigenvalue weighted by molar-refractivity contribution is -0.122. The Morgan fingerprint density at radius 1 is 1.57 bits per heavy atom. The number of hydrogen-bond donors (Lipinski definition) is 3. The van der Waals surface area contributed by atoms with Gasteiger partial charge in [-0.1, -0.05) is 0 Å². The number of imidazole rings is 1. The lowest BCUT2D eigenvalue weighted by Gasteiger charge is -2.37. The van der Waals surface area contributed by atoms with Crippen LogP contribution in [0.3, 0.4) is 0 Å². The topological polar surface area (TPSA) is 95.8 Å². The van der Waals surface area contributed by atoms with E-state index in [1.807, 2.05) is 13.2 Å². The summed E-state index contributed by atoms with van der Waals surface area (Å²) in [5.41, 5.74) is 1.76. The lowest BCUT2D eigenvalue weighted by atomic mass is 9.75. The molecule has 1 atom stereocenters. The number of H-pyrrole nitrogens is 1. The van der Waals surface area contributed by atoms with Gasteiger partial charge in [-0.3, -0.25) is 9.48 Å². The minimum Gasteiger partial charge on any atom is -0.393 e. The molecule has 21 heavy (non-hydrogen) atoms. The fraction of sp³-hybridized carbons (Fsp3) is 0.500. The number of hydrogen-bond acceptors (Lipinski definition) is 4. The van der Waals surface area contributed by atoms with Crippen LogP contribution in [0.1, 0.15) is 30.1 Å². The van der Waals surface area contributed by atoms with Crippen molar-refractivity contribution < 1.29 is 9.90 Å². The maximum atomic E-state index is 12.2. The van der Waals surface area contributed by atoms with Gasteiger partial charge in [-0.25, -0.2) is 4.98 Å². The van der Waals surface area contributed by atoms with Gasteiger partial charge in [0.25, 0.3) is 0 Å². The van der Waals surface area contributed by atoms with Gasteiger partial charge in [0.15, 0.2) is 0 Å². The number of amides is 1. The lowest BCUT2D eigenvalue weighted by Crippen LogP contribution is -2.41. The summed E-state index contributed by atoms with van der Waals surface area (Å²) >= 11 is 0. The third kappa shape index (κ3) is 3.13. The molecule has 0 aromatic carbocycles. The third-order valence-corrected chi connectivity index (χ3v) is 3.93. The summed E-state index contributed by atoms with van der Waals surface area (Å²) in [6.07, 6.45) is 8.32. The highest BCUT2D eigenvalue weighted by atomic mass is 16.3. The summed E-state index contributed by atoms with van der Waals surface area (Å²) < 4.78 is 1.72. The van der Waals surface area contributed by atoms with Crippen LogP contribution >= 0.6 is 0 Å². The van der Waals surface area contributed by atoms with Crippen molar-refractivity contribution in [1.82, 2.24) is 25.1 Å². The van der Waals surface area contributed by atoms with Crippen LogP contribution in [0.25, 0.3) is 0 Å². The summed E-state index contributed by atoms with van der Waals surface area (Å²) in [6, 6.07) is -0.0995. The zero-order chi connectivity index (χ0) is 14.8. The van der Waals surface area contributed by atoms with Crippen LogP contribution in [0.15, 0.2) is 24.9 Å². The van der Waals surface area contributed by atoms with Crippen LogP contribution in [0, 0.1) is 5.92 Å². The number of rotatable bonds is 5. The van der Waals surface area contributed by atoms with Gasteiger partial charge >= 0.3 is 0 Å². The molecule has 7 nitrogen and oxygen atoms in total. The highest BCUT2D eigenvalue weighted by Crippen LogP contribution is 2.37. The molecule has 1 amide bonds. The summed E-state index contributed by atoms with van der Waals surface area (Å²) in [7, 11) is 1.85. The van der Waals surface area contributed by atoms with E-state index in [1.54, 1.807) is 23.4 Å². The average molecular weight is 289 g/mol. The quantitative estimate of drug-likeness (QED) is 0.738. The smallest absolute Gasteiger partial charge is 0.226 e. The van der Waals surface area contributed by atoms with Gasteiger partial charge in [0.05, 0.1) is 31.1 Å². The van der Waals surface area contributed by atoms with E-state index in [-0.39, 0.29) is 30.4 Å². The third-order valence-electron chi connectivity index (χ3n) is 3.93. The van der Waals surface area contributed by atoms with Crippen molar-refractivity contribution >= 4 is 5.91 Å². The molecule has 1 fully saturated rings. The number of aliphatic hydroxyl groups excluding tert-OH is 1. The van der Waals surface area contributed by atoms with Gasteiger partial charge in [-0.2, -0.15) is 5.10 Å². The molecule has 2 aromatic rings. The number of aromatic amines is 1. The highest BCUT2D eigenvalue weighted by Gasteiger charge is 2.36. The molecule has 1 aliphatic carbocycles. The van der Waals surface area contributed by atoms with Crippen molar-refractivity contribution in [2.45, 2.75) is 31.4 Å². The number of aromatic nitrogens is 4. The SMILES string of the molecule is Cn1cc([C@@H](NC(=O)Cc2cnc[nH]2)C2CC(O)C2)cn1. The molecule has 1 saturated carbocycles. The first-order chi connectivity index (χ1) is 10.1. The largest absolute Gasteiger partial charge is 0.393 e. The molecule has 0 spiro atoms. The molecule has 3 rings (SSSR count). The van der Waals surface area contributed by atoms with Crippen LogP contribution in [0.5, 0.6) is 0 Å². The molecule has 0 saturated heterocycles. The first-order valence-corrected chi connectivity index (χ1v) is 7.05. The van der Waals surface area contributed by atoms with Crippen LogP contribution in [-0.4, -0.2) is 36.9 Å². The predicted octanol–water partition coefficient (Wildman–Crippen LogP) is 0.314. The van der Waals surface area contributed by atoms with E-state index < -0.39 is 0 Å². The van der Waals surface area contributed by atoms with Crippen molar-refractivity contribution in [1.29, 1.82) is 0 Å². The second-order valence-electron chi connectivity index (χ2n) is 5.63. The Morgan fingerprint density at radius 2 is 2.38 bits per heavy atom. The Morgan fingerprint density at radius 3 is 2.95 bits per heavy atom. The van der Waals surface area contributed by atoms with Crippen LogP contribution in [0.2, 0.25) is 0 Å². The summed E-state index contributed by atoms with van der Waals surface area (Å²) in [4.78, 5) is 19.0. The molecule has 112 valence electrons. The number of nitrogens with zero attached hydrogens (tertiary/aromatic N) is 3. The van der Waals surface area contributed by atoms with Crippen molar-refractivity contribution in [2.24, 2.45) is 13.0 Å². The van der Waals surface area contributed by atoms with E-state index in [0.29, 0.717) is 12.8 Å². The predicted molar refractivity (Wildman–Crippen MR) is 75.1 cm³/mol. The minimum atomic E-state index is -0.251. The normalized spacial score (nSPS) is 22.6. The van der Waals surface area contributed by atoms with Crippen molar-refractivity contribution in [3.8, 4) is 0 Å². The maximum absolute atomic E-state index is 12.2. The summed E-state index contributed by atoms with van der Waals surface area (Å²) in [5.74, 6) is 0.199. The molecule has 0 unspecified atom stereocenters. The number of aliphatic hydroxyl groups is 1. The molecule has 0 radical (unpaired) electrons. The zero-order valence-corrected chi connectivity index (χ0v) is 11.9. The molecule has 0 bridgehead atoms. The van der Waals surface area contributed by atoms with Gasteiger partial charge in [-0.15, -0.1) is 0 Å². The van der Waals surface area contributed by atoms with Gasteiger partial charge in [-0.05, 0) is 18.8 Å². The maximum Gasteiger partial charge on any atom is 0.226 e. The molecule has 2 aromatic heterocycles. The molecule has 7 heteroatoms. The Bertz CT molecular complexity index is 601. The van der Waals surface area contributed by atoms with Crippen LogP contribution < -0.4 is 5.32 Å². The van der Waals surface area contributed by atoms with Crippen molar-refractivity contribution in [3.05, 3.63) is 36.2 Å². The standard InChI is InChI=1S/C14H19N5O2/c1-19-7-10(5-17-19)14(9-2-12(20)3-9)18-13(21)4-11-6-15-8-16-11/h5-9,12,14,20H,2-4H2,1H3,(H,15,16)(H,18,21)/t9?,12?,14-/m0/s1. The van der Waals surface area contributed by atoms with Crippen molar-refractivity contribution in [3.63, 3.8) is 0 Å². The summed E-state index contributed by atoms with van der Waals surface area (Å²) in [6.45, 7) is 0. The second kappa shape index (κ2) is 5.69. The number of carbonyl (C=O) groups is 1. The minimum absolute atomic E-state index is 0.0607. The van der Waals surface area contributed by atoms with Gasteiger partial charge in [0.1, 0.15) is 0 Å². The van der Waals surface area contributed by atoms with E-state index in [1.165, 1.54) is 0 Å².